The molecule has 2 aromatic heterocycles. The molecule has 1 amide bonds. The van der Waals surface area contributed by atoms with Crippen molar-refractivity contribution in [3.63, 3.8) is 0 Å². The lowest BCUT2D eigenvalue weighted by Gasteiger charge is -2.17. The van der Waals surface area contributed by atoms with Gasteiger partial charge in [-0.2, -0.15) is 16.6 Å². The fourth-order valence-electron chi connectivity index (χ4n) is 2.72. The molecular formula is C18H14ClN5OS. The number of hydrogen-bond acceptors (Lipinski definition) is 5. The predicted octanol–water partition coefficient (Wildman–Crippen LogP) is 3.53. The Morgan fingerprint density at radius 3 is 2.73 bits per heavy atom. The van der Waals surface area contributed by atoms with Gasteiger partial charge in [0, 0.05) is 10.4 Å². The first kappa shape index (κ1) is 16.8. The number of halogens is 1. The molecule has 2 heterocycles. The first-order valence-corrected chi connectivity index (χ1v) is 9.36. The third kappa shape index (κ3) is 3.09. The minimum absolute atomic E-state index is 0.192. The Bertz CT molecular complexity index is 970. The van der Waals surface area contributed by atoms with Gasteiger partial charge in [-0.3, -0.25) is 4.79 Å². The molecule has 0 saturated heterocycles. The van der Waals surface area contributed by atoms with Gasteiger partial charge in [0.15, 0.2) is 5.54 Å². The second-order valence-electron chi connectivity index (χ2n) is 6.20. The third-order valence-corrected chi connectivity index (χ3v) is 5.37. The molecule has 0 bridgehead atoms. The minimum Gasteiger partial charge on any atom is -0.339 e. The Morgan fingerprint density at radius 1 is 1.35 bits per heavy atom. The van der Waals surface area contributed by atoms with Crippen LogP contribution in [-0.2, 0) is 5.54 Å². The van der Waals surface area contributed by atoms with E-state index in [1.807, 2.05) is 17.5 Å². The Hall–Kier alpha value is -2.69. The molecule has 0 spiro atoms. The van der Waals surface area contributed by atoms with E-state index in [0.717, 1.165) is 18.4 Å². The summed E-state index contributed by atoms with van der Waals surface area (Å²) in [5, 5.41) is 25.0. The van der Waals surface area contributed by atoms with Gasteiger partial charge in [0.1, 0.15) is 11.7 Å². The highest BCUT2D eigenvalue weighted by Gasteiger charge is 2.46. The summed E-state index contributed by atoms with van der Waals surface area (Å²) < 4.78 is 1.60. The largest absolute Gasteiger partial charge is 0.339 e. The molecule has 1 N–H and O–H groups in total. The van der Waals surface area contributed by atoms with Crippen molar-refractivity contribution in [2.75, 3.05) is 0 Å². The molecule has 1 saturated carbocycles. The van der Waals surface area contributed by atoms with Crippen molar-refractivity contribution in [3.05, 3.63) is 69.1 Å². The highest BCUT2D eigenvalue weighted by Crippen LogP contribution is 2.42. The topological polar surface area (TPSA) is 83.6 Å². The van der Waals surface area contributed by atoms with E-state index in [0.29, 0.717) is 16.3 Å². The zero-order valence-corrected chi connectivity index (χ0v) is 15.2. The van der Waals surface area contributed by atoms with Gasteiger partial charge >= 0.3 is 0 Å². The fourth-order valence-corrected chi connectivity index (χ4v) is 3.48. The van der Waals surface area contributed by atoms with Crippen LogP contribution in [0.2, 0.25) is 5.02 Å². The van der Waals surface area contributed by atoms with E-state index in [4.69, 9.17) is 11.6 Å². The molecule has 1 aliphatic carbocycles. The van der Waals surface area contributed by atoms with Gasteiger partial charge in [-0.05, 0) is 42.0 Å². The third-order valence-electron chi connectivity index (χ3n) is 4.44. The average molecular weight is 384 g/mol. The number of nitriles is 1. The quantitative estimate of drug-likeness (QED) is 0.730. The van der Waals surface area contributed by atoms with Crippen LogP contribution in [0.3, 0.4) is 0 Å². The van der Waals surface area contributed by atoms with Crippen LogP contribution < -0.4 is 5.32 Å². The van der Waals surface area contributed by atoms with Crippen LogP contribution in [0.1, 0.15) is 40.5 Å². The molecule has 1 fully saturated rings. The molecule has 1 aromatic carbocycles. The normalized spacial score (nSPS) is 15.8. The smallest absolute Gasteiger partial charge is 0.252 e. The van der Waals surface area contributed by atoms with Crippen molar-refractivity contribution in [3.8, 4) is 6.07 Å². The van der Waals surface area contributed by atoms with Gasteiger partial charge < -0.3 is 5.32 Å². The van der Waals surface area contributed by atoms with Crippen molar-refractivity contribution in [2.45, 2.75) is 24.4 Å². The number of nitrogens with one attached hydrogen (secondary N) is 1. The molecular weight excluding hydrogens is 370 g/mol. The molecule has 1 atom stereocenters. The number of aromatic nitrogens is 3. The van der Waals surface area contributed by atoms with Gasteiger partial charge in [-0.15, -0.1) is 5.10 Å². The van der Waals surface area contributed by atoms with Crippen molar-refractivity contribution in [1.82, 2.24) is 20.3 Å². The van der Waals surface area contributed by atoms with E-state index < -0.39 is 11.6 Å². The first-order chi connectivity index (χ1) is 12.6. The molecule has 1 aliphatic rings. The molecule has 6 nitrogen and oxygen atoms in total. The van der Waals surface area contributed by atoms with Gasteiger partial charge in [0.2, 0.25) is 0 Å². The number of benzene rings is 1. The number of rotatable bonds is 5. The molecule has 4 rings (SSSR count). The molecule has 26 heavy (non-hydrogen) atoms. The summed E-state index contributed by atoms with van der Waals surface area (Å²) in [6, 6.07) is 10.8. The van der Waals surface area contributed by atoms with Crippen molar-refractivity contribution in [1.29, 1.82) is 5.26 Å². The Kier molecular flexibility index (Phi) is 4.23. The van der Waals surface area contributed by atoms with Crippen molar-refractivity contribution in [2.24, 2.45) is 0 Å². The van der Waals surface area contributed by atoms with Crippen LogP contribution in [-0.4, -0.2) is 20.9 Å². The van der Waals surface area contributed by atoms with E-state index in [1.54, 1.807) is 34.5 Å². The number of carbonyl (C=O) groups is 1. The first-order valence-electron chi connectivity index (χ1n) is 8.04. The molecule has 3 aromatic rings. The lowest BCUT2D eigenvalue weighted by Crippen LogP contribution is -2.29. The number of amides is 1. The number of thiophene rings is 1. The van der Waals surface area contributed by atoms with Gasteiger partial charge in [-0.1, -0.05) is 28.9 Å². The van der Waals surface area contributed by atoms with E-state index >= 15 is 0 Å². The van der Waals surface area contributed by atoms with Crippen molar-refractivity contribution >= 4 is 28.8 Å². The number of nitrogens with zero attached hydrogens (tertiary/aromatic N) is 4. The highest BCUT2D eigenvalue weighted by atomic mass is 35.5. The van der Waals surface area contributed by atoms with Crippen LogP contribution in [0.5, 0.6) is 0 Å². The Balaban J connectivity index is 1.67. The maximum absolute atomic E-state index is 12.6. The van der Waals surface area contributed by atoms with E-state index in [-0.39, 0.29) is 5.91 Å². The zero-order chi connectivity index (χ0) is 18.1. The Morgan fingerprint density at radius 2 is 2.12 bits per heavy atom. The summed E-state index contributed by atoms with van der Waals surface area (Å²) in [6.45, 7) is 0. The van der Waals surface area contributed by atoms with Crippen LogP contribution in [0.25, 0.3) is 0 Å². The second-order valence-corrected chi connectivity index (χ2v) is 7.42. The van der Waals surface area contributed by atoms with Crippen LogP contribution in [0.15, 0.2) is 47.3 Å². The second kappa shape index (κ2) is 6.56. The highest BCUT2D eigenvalue weighted by molar-refractivity contribution is 7.08. The lowest BCUT2D eigenvalue weighted by molar-refractivity contribution is 0.0942. The summed E-state index contributed by atoms with van der Waals surface area (Å²) in [4.78, 5) is 12.6. The van der Waals surface area contributed by atoms with Crippen LogP contribution in [0.4, 0.5) is 0 Å². The molecule has 0 radical (unpaired) electrons. The molecule has 0 unspecified atom stereocenters. The van der Waals surface area contributed by atoms with Gasteiger partial charge in [0.05, 0.1) is 17.8 Å². The monoisotopic (exact) mass is 383 g/mol. The zero-order valence-electron chi connectivity index (χ0n) is 13.6. The predicted molar refractivity (Wildman–Crippen MR) is 97.9 cm³/mol. The number of hydrogen-bond donors (Lipinski definition) is 1. The summed E-state index contributed by atoms with van der Waals surface area (Å²) in [5.74, 6) is -0.192. The fraction of sp³-hybridized carbons (Fsp3) is 0.222. The SMILES string of the molecule is N#CC1(n2cc([C@@H](NC(=O)c3ccsc3)c3ccc(Cl)cc3)nn2)CC1. The molecule has 0 aliphatic heterocycles. The van der Waals surface area contributed by atoms with Crippen LogP contribution >= 0.6 is 22.9 Å². The van der Waals surface area contributed by atoms with E-state index in [2.05, 4.69) is 21.7 Å². The lowest BCUT2D eigenvalue weighted by atomic mass is 10.0. The number of carbonyl (C=O) groups excluding carboxylic acids is 1. The van der Waals surface area contributed by atoms with Crippen LogP contribution in [0, 0.1) is 11.3 Å². The summed E-state index contributed by atoms with van der Waals surface area (Å²) in [7, 11) is 0. The van der Waals surface area contributed by atoms with Crippen molar-refractivity contribution < 1.29 is 4.79 Å². The average Bonchev–Trinajstić information content (AvgIpc) is 3.06. The maximum Gasteiger partial charge on any atom is 0.252 e. The van der Waals surface area contributed by atoms with Gasteiger partial charge in [-0.25, -0.2) is 4.68 Å². The summed E-state index contributed by atoms with van der Waals surface area (Å²) in [6.07, 6.45) is 3.27. The standard InChI is InChI=1S/C18H14ClN5OS/c19-14-3-1-12(2-4-14)16(21-17(25)13-5-8-26-10-13)15-9-24(23-22-15)18(11-20)6-7-18/h1-5,8-10,16H,6-7H2,(H,21,25)/t16-/m0/s1. The van der Waals surface area contributed by atoms with E-state index in [1.165, 1.54) is 11.3 Å². The summed E-state index contributed by atoms with van der Waals surface area (Å²) in [5.41, 5.74) is 1.42. The molecule has 130 valence electrons. The maximum atomic E-state index is 12.6. The Labute approximate surface area is 159 Å². The minimum atomic E-state index is -0.590. The van der Waals surface area contributed by atoms with Gasteiger partial charge in [0.25, 0.3) is 5.91 Å². The molecule has 8 heteroatoms. The summed E-state index contributed by atoms with van der Waals surface area (Å²) >= 11 is 7.45. The van der Waals surface area contributed by atoms with E-state index in [9.17, 15) is 10.1 Å².